The standard InChI is InChI=1S/C25H19N7O4/c1-2-36-19-13-14-30(25(35)29-19)31-16-28-20-21(31)26-15-27-22(20)32(23(33)17-9-5-3-6-10-17)24(34)18-11-7-4-8-12-18/h3-16H,2H2,1H3. The molecule has 178 valence electrons. The molecule has 0 aliphatic heterocycles. The Hall–Kier alpha value is -5.19. The fourth-order valence-corrected chi connectivity index (χ4v) is 3.61. The van der Waals surface area contributed by atoms with Crippen molar-refractivity contribution in [3.8, 4) is 5.88 Å². The van der Waals surface area contributed by atoms with Crippen molar-refractivity contribution in [2.24, 2.45) is 0 Å². The SMILES string of the molecule is CCOc1ccn(-n2cnc3c(N(C(=O)c4ccccc4)C(=O)c4ccccc4)ncnc32)c(=O)n1. The van der Waals surface area contributed by atoms with Crippen LogP contribution in [-0.2, 0) is 0 Å². The molecule has 11 nitrogen and oxygen atoms in total. The highest BCUT2D eigenvalue weighted by molar-refractivity contribution is 6.27. The molecule has 0 aliphatic rings. The van der Waals surface area contributed by atoms with Gasteiger partial charge in [-0.25, -0.2) is 34.0 Å². The van der Waals surface area contributed by atoms with Crippen molar-refractivity contribution >= 4 is 28.8 Å². The van der Waals surface area contributed by atoms with Crippen LogP contribution in [0.1, 0.15) is 27.6 Å². The Bertz CT molecular complexity index is 1560. The van der Waals surface area contributed by atoms with Crippen LogP contribution in [0.15, 0.2) is 90.4 Å². The van der Waals surface area contributed by atoms with Gasteiger partial charge >= 0.3 is 5.69 Å². The van der Waals surface area contributed by atoms with Gasteiger partial charge in [-0.05, 0) is 31.2 Å². The summed E-state index contributed by atoms with van der Waals surface area (Å²) in [5.41, 5.74) is 0.296. The van der Waals surface area contributed by atoms with Gasteiger partial charge in [0.05, 0.1) is 6.61 Å². The molecular weight excluding hydrogens is 462 g/mol. The lowest BCUT2D eigenvalue weighted by molar-refractivity contribution is 0.0897. The summed E-state index contributed by atoms with van der Waals surface area (Å²) in [6.45, 7) is 2.15. The second-order valence-corrected chi connectivity index (χ2v) is 7.46. The first kappa shape index (κ1) is 22.6. The molecule has 5 aromatic rings. The number of amides is 2. The van der Waals surface area contributed by atoms with Gasteiger partial charge in [0.2, 0.25) is 5.88 Å². The number of fused-ring (bicyclic) bond motifs is 1. The highest BCUT2D eigenvalue weighted by Crippen LogP contribution is 2.25. The van der Waals surface area contributed by atoms with Crippen LogP contribution in [0.2, 0.25) is 0 Å². The summed E-state index contributed by atoms with van der Waals surface area (Å²) < 4.78 is 7.81. The van der Waals surface area contributed by atoms with E-state index in [0.29, 0.717) is 17.7 Å². The highest BCUT2D eigenvalue weighted by Gasteiger charge is 2.30. The Kier molecular flexibility index (Phi) is 6.02. The summed E-state index contributed by atoms with van der Waals surface area (Å²) >= 11 is 0. The second-order valence-electron chi connectivity index (χ2n) is 7.46. The van der Waals surface area contributed by atoms with Crippen molar-refractivity contribution in [1.82, 2.24) is 29.3 Å². The zero-order valence-corrected chi connectivity index (χ0v) is 19.1. The summed E-state index contributed by atoms with van der Waals surface area (Å²) in [4.78, 5) is 57.4. The molecule has 0 bridgehead atoms. The molecule has 0 N–H and O–H groups in total. The minimum atomic E-state index is -0.627. The minimum absolute atomic E-state index is 0.0200. The number of nitrogens with zero attached hydrogens (tertiary/aromatic N) is 7. The third-order valence-electron chi connectivity index (χ3n) is 5.24. The summed E-state index contributed by atoms with van der Waals surface area (Å²) in [6.07, 6.45) is 4.00. The van der Waals surface area contributed by atoms with E-state index in [2.05, 4.69) is 19.9 Å². The Morgan fingerprint density at radius 3 is 2.08 bits per heavy atom. The molecule has 3 aromatic heterocycles. The Labute approximate surface area is 204 Å². The second kappa shape index (κ2) is 9.58. The Morgan fingerprint density at radius 2 is 1.50 bits per heavy atom. The van der Waals surface area contributed by atoms with Gasteiger partial charge in [0.1, 0.15) is 12.7 Å². The lowest BCUT2D eigenvalue weighted by Crippen LogP contribution is -2.38. The molecule has 0 fully saturated rings. The first-order valence-electron chi connectivity index (χ1n) is 11.0. The first-order valence-corrected chi connectivity index (χ1v) is 11.0. The molecular formula is C25H19N7O4. The number of imidazole rings is 1. The molecule has 0 atom stereocenters. The average molecular weight is 481 g/mol. The number of hydrogen-bond donors (Lipinski definition) is 0. The van der Waals surface area contributed by atoms with E-state index < -0.39 is 17.5 Å². The van der Waals surface area contributed by atoms with E-state index in [0.717, 1.165) is 4.90 Å². The number of carbonyl (C=O) groups excluding carboxylic acids is 2. The van der Waals surface area contributed by atoms with E-state index in [1.807, 2.05) is 0 Å². The van der Waals surface area contributed by atoms with Crippen molar-refractivity contribution in [3.05, 3.63) is 107 Å². The van der Waals surface area contributed by atoms with Crippen LogP contribution in [0.25, 0.3) is 11.2 Å². The van der Waals surface area contributed by atoms with Crippen molar-refractivity contribution in [3.63, 3.8) is 0 Å². The number of anilines is 1. The molecule has 3 heterocycles. The summed E-state index contributed by atoms with van der Waals surface area (Å²) in [7, 11) is 0. The molecule has 0 aliphatic carbocycles. The average Bonchev–Trinajstić information content (AvgIpc) is 3.35. The lowest BCUT2D eigenvalue weighted by atomic mass is 10.1. The maximum atomic E-state index is 13.6. The largest absolute Gasteiger partial charge is 0.478 e. The summed E-state index contributed by atoms with van der Waals surface area (Å²) in [5.74, 6) is -1.00. The fourth-order valence-electron chi connectivity index (χ4n) is 3.61. The Morgan fingerprint density at radius 1 is 0.861 bits per heavy atom. The van der Waals surface area contributed by atoms with Gasteiger partial charge in [0.15, 0.2) is 17.0 Å². The molecule has 11 heteroatoms. The van der Waals surface area contributed by atoms with Gasteiger partial charge in [-0.2, -0.15) is 4.98 Å². The molecule has 0 spiro atoms. The van der Waals surface area contributed by atoms with E-state index in [4.69, 9.17) is 4.74 Å². The third-order valence-corrected chi connectivity index (χ3v) is 5.24. The van der Waals surface area contributed by atoms with E-state index in [-0.39, 0.29) is 22.9 Å². The van der Waals surface area contributed by atoms with Crippen LogP contribution in [0.4, 0.5) is 5.82 Å². The molecule has 2 aromatic carbocycles. The zero-order chi connectivity index (χ0) is 25.1. The molecule has 0 saturated carbocycles. The van der Waals surface area contributed by atoms with Crippen LogP contribution in [0.3, 0.4) is 0 Å². The molecule has 0 radical (unpaired) electrons. The van der Waals surface area contributed by atoms with Crippen molar-refractivity contribution in [2.45, 2.75) is 6.92 Å². The van der Waals surface area contributed by atoms with Gasteiger partial charge in [0.25, 0.3) is 11.8 Å². The number of benzene rings is 2. The number of rotatable bonds is 6. The minimum Gasteiger partial charge on any atom is -0.478 e. The maximum Gasteiger partial charge on any atom is 0.370 e. The van der Waals surface area contributed by atoms with Crippen LogP contribution >= 0.6 is 0 Å². The summed E-state index contributed by atoms with van der Waals surface area (Å²) in [6, 6.07) is 18.3. The molecule has 0 saturated heterocycles. The zero-order valence-electron chi connectivity index (χ0n) is 19.1. The number of imide groups is 1. The highest BCUT2D eigenvalue weighted by atomic mass is 16.5. The molecule has 0 unspecified atom stereocenters. The van der Waals surface area contributed by atoms with Gasteiger partial charge in [-0.15, -0.1) is 0 Å². The molecule has 2 amide bonds. The van der Waals surface area contributed by atoms with Crippen molar-refractivity contribution in [1.29, 1.82) is 0 Å². The maximum absolute atomic E-state index is 13.6. The van der Waals surface area contributed by atoms with Crippen LogP contribution in [0, 0.1) is 0 Å². The summed E-state index contributed by atoms with van der Waals surface area (Å²) in [5, 5.41) is 0. The van der Waals surface area contributed by atoms with Gasteiger partial charge in [-0.3, -0.25) is 9.59 Å². The molecule has 36 heavy (non-hydrogen) atoms. The number of aromatic nitrogens is 6. The van der Waals surface area contributed by atoms with Crippen molar-refractivity contribution in [2.75, 3.05) is 11.5 Å². The van der Waals surface area contributed by atoms with Crippen LogP contribution < -0.4 is 15.3 Å². The van der Waals surface area contributed by atoms with Crippen LogP contribution in [-0.4, -0.2) is 47.7 Å². The van der Waals surface area contributed by atoms with Crippen LogP contribution in [0.5, 0.6) is 5.88 Å². The Balaban J connectivity index is 1.66. The van der Waals surface area contributed by atoms with Gasteiger partial charge < -0.3 is 4.74 Å². The third kappa shape index (κ3) is 4.09. The fraction of sp³-hybridized carbons (Fsp3) is 0.0800. The normalized spacial score (nSPS) is 10.8. The first-order chi connectivity index (χ1) is 17.6. The van der Waals surface area contributed by atoms with Gasteiger partial charge in [0, 0.05) is 23.4 Å². The predicted octanol–water partition coefficient (Wildman–Crippen LogP) is 2.58. The van der Waals surface area contributed by atoms with E-state index in [1.165, 1.54) is 34.3 Å². The van der Waals surface area contributed by atoms with Gasteiger partial charge in [-0.1, -0.05) is 36.4 Å². The number of carbonyl (C=O) groups is 2. The number of hydrogen-bond acceptors (Lipinski definition) is 8. The van der Waals surface area contributed by atoms with E-state index >= 15 is 0 Å². The lowest BCUT2D eigenvalue weighted by Gasteiger charge is -2.20. The predicted molar refractivity (Wildman–Crippen MR) is 130 cm³/mol. The monoisotopic (exact) mass is 481 g/mol. The van der Waals surface area contributed by atoms with E-state index in [1.54, 1.807) is 67.6 Å². The smallest absolute Gasteiger partial charge is 0.370 e. The van der Waals surface area contributed by atoms with E-state index in [9.17, 15) is 14.4 Å². The quantitative estimate of drug-likeness (QED) is 0.339. The topological polar surface area (TPSA) is 125 Å². The van der Waals surface area contributed by atoms with Crippen molar-refractivity contribution < 1.29 is 14.3 Å². The molecule has 5 rings (SSSR count). The number of ether oxygens (including phenoxy) is 1.